The van der Waals surface area contributed by atoms with Crippen molar-refractivity contribution in [1.29, 1.82) is 0 Å². The number of methoxy groups -OCH3 is 1. The maximum atomic E-state index is 9.69. The first-order valence-corrected chi connectivity index (χ1v) is 7.11. The second kappa shape index (κ2) is 9.31. The maximum Gasteiger partial charge on any atom is 0.125 e. The van der Waals surface area contributed by atoms with Crippen LogP contribution in [0.25, 0.3) is 0 Å². The molecule has 0 aliphatic heterocycles. The number of hydrogen-bond acceptors (Lipinski definition) is 4. The molecule has 1 N–H and O–H groups in total. The van der Waals surface area contributed by atoms with Gasteiger partial charge < -0.3 is 19.3 Å². The fourth-order valence-corrected chi connectivity index (χ4v) is 1.94. The van der Waals surface area contributed by atoms with E-state index in [1.165, 1.54) is 0 Å². The highest BCUT2D eigenvalue weighted by Crippen LogP contribution is 2.28. The minimum atomic E-state index is -0.551. The van der Waals surface area contributed by atoms with E-state index in [0.717, 1.165) is 22.2 Å². The highest BCUT2D eigenvalue weighted by molar-refractivity contribution is 9.10. The number of benzene rings is 1. The van der Waals surface area contributed by atoms with E-state index in [9.17, 15) is 5.11 Å². The Bertz CT molecular complexity index is 368. The van der Waals surface area contributed by atoms with E-state index in [4.69, 9.17) is 14.2 Å². The van der Waals surface area contributed by atoms with Crippen molar-refractivity contribution < 1.29 is 19.3 Å². The van der Waals surface area contributed by atoms with Gasteiger partial charge in [0.2, 0.25) is 0 Å². The van der Waals surface area contributed by atoms with Gasteiger partial charge in [-0.3, -0.25) is 0 Å². The molecule has 0 aliphatic carbocycles. The zero-order valence-electron chi connectivity index (χ0n) is 11.4. The lowest BCUT2D eigenvalue weighted by Crippen LogP contribution is -2.08. The van der Waals surface area contributed by atoms with Gasteiger partial charge in [0.05, 0.1) is 25.9 Å². The number of halogens is 1. The van der Waals surface area contributed by atoms with Crippen molar-refractivity contribution in [2.45, 2.75) is 19.4 Å². The SMILES string of the molecule is COCCOCCCOc1ccc(Br)cc1[C@@H](C)O. The first-order valence-electron chi connectivity index (χ1n) is 6.32. The highest BCUT2D eigenvalue weighted by Gasteiger charge is 2.09. The molecule has 0 heterocycles. The van der Waals surface area contributed by atoms with Crippen molar-refractivity contribution in [2.24, 2.45) is 0 Å². The molecule has 1 aromatic carbocycles. The quantitative estimate of drug-likeness (QED) is 0.706. The molecule has 108 valence electrons. The Balaban J connectivity index is 2.33. The largest absolute Gasteiger partial charge is 0.493 e. The highest BCUT2D eigenvalue weighted by atomic mass is 79.9. The van der Waals surface area contributed by atoms with E-state index >= 15 is 0 Å². The smallest absolute Gasteiger partial charge is 0.125 e. The predicted molar refractivity (Wildman–Crippen MR) is 77.6 cm³/mol. The van der Waals surface area contributed by atoms with Gasteiger partial charge in [-0.2, -0.15) is 0 Å². The zero-order valence-corrected chi connectivity index (χ0v) is 13.0. The van der Waals surface area contributed by atoms with Crippen LogP contribution in [-0.4, -0.2) is 38.6 Å². The molecule has 1 rings (SSSR count). The van der Waals surface area contributed by atoms with Gasteiger partial charge in [0.25, 0.3) is 0 Å². The summed E-state index contributed by atoms with van der Waals surface area (Å²) in [5, 5.41) is 9.69. The molecule has 0 amide bonds. The fourth-order valence-electron chi connectivity index (χ4n) is 1.56. The molecular formula is C14H21BrO4. The summed E-state index contributed by atoms with van der Waals surface area (Å²) >= 11 is 3.38. The Morgan fingerprint density at radius 2 is 2.00 bits per heavy atom. The van der Waals surface area contributed by atoms with Crippen molar-refractivity contribution >= 4 is 15.9 Å². The van der Waals surface area contributed by atoms with Crippen LogP contribution in [0.4, 0.5) is 0 Å². The monoisotopic (exact) mass is 332 g/mol. The molecule has 4 nitrogen and oxygen atoms in total. The molecule has 1 atom stereocenters. The van der Waals surface area contributed by atoms with Gasteiger partial charge in [0.1, 0.15) is 5.75 Å². The van der Waals surface area contributed by atoms with Gasteiger partial charge in [0, 0.05) is 30.2 Å². The lowest BCUT2D eigenvalue weighted by Gasteiger charge is -2.14. The van der Waals surface area contributed by atoms with Crippen LogP contribution >= 0.6 is 15.9 Å². The Kier molecular flexibility index (Phi) is 8.05. The molecule has 1 aromatic rings. The third-order valence-corrected chi connectivity index (χ3v) is 3.04. The summed E-state index contributed by atoms with van der Waals surface area (Å²) in [7, 11) is 1.65. The third-order valence-electron chi connectivity index (χ3n) is 2.54. The molecule has 0 saturated heterocycles. The van der Waals surface area contributed by atoms with Gasteiger partial charge in [-0.15, -0.1) is 0 Å². The van der Waals surface area contributed by atoms with Gasteiger partial charge in [-0.25, -0.2) is 0 Å². The normalized spacial score (nSPS) is 12.4. The first kappa shape index (κ1) is 16.4. The van der Waals surface area contributed by atoms with Crippen molar-refractivity contribution in [1.82, 2.24) is 0 Å². The van der Waals surface area contributed by atoms with Crippen LogP contribution in [0.3, 0.4) is 0 Å². The summed E-state index contributed by atoms with van der Waals surface area (Å²) in [6.07, 6.45) is 0.254. The molecule has 0 aliphatic rings. The molecule has 0 fully saturated rings. The lowest BCUT2D eigenvalue weighted by molar-refractivity contribution is 0.0642. The van der Waals surface area contributed by atoms with Crippen molar-refractivity contribution in [3.63, 3.8) is 0 Å². The maximum absolute atomic E-state index is 9.69. The summed E-state index contributed by atoms with van der Waals surface area (Å²) in [6, 6.07) is 5.63. The van der Waals surface area contributed by atoms with Gasteiger partial charge in [0.15, 0.2) is 0 Å². The first-order chi connectivity index (χ1) is 9.15. The minimum Gasteiger partial charge on any atom is -0.493 e. The summed E-state index contributed by atoms with van der Waals surface area (Å²) in [6.45, 7) is 4.15. The van der Waals surface area contributed by atoms with Gasteiger partial charge in [-0.05, 0) is 25.1 Å². The summed E-state index contributed by atoms with van der Waals surface area (Å²) in [5.41, 5.74) is 0.787. The average molecular weight is 333 g/mol. The van der Waals surface area contributed by atoms with Crippen molar-refractivity contribution in [2.75, 3.05) is 33.5 Å². The van der Waals surface area contributed by atoms with E-state index in [1.807, 2.05) is 18.2 Å². The number of rotatable bonds is 9. The molecular weight excluding hydrogens is 312 g/mol. The summed E-state index contributed by atoms with van der Waals surface area (Å²) in [4.78, 5) is 0. The van der Waals surface area contributed by atoms with Crippen molar-refractivity contribution in [3.05, 3.63) is 28.2 Å². The minimum absolute atomic E-state index is 0.551. The Labute approximate surface area is 122 Å². The molecule has 0 radical (unpaired) electrons. The number of hydrogen-bond donors (Lipinski definition) is 1. The molecule has 0 spiro atoms. The Morgan fingerprint density at radius 1 is 1.21 bits per heavy atom. The van der Waals surface area contributed by atoms with Crippen molar-refractivity contribution in [3.8, 4) is 5.75 Å². The van der Waals surface area contributed by atoms with Crippen LogP contribution in [0.15, 0.2) is 22.7 Å². The van der Waals surface area contributed by atoms with Crippen LogP contribution in [0.5, 0.6) is 5.75 Å². The van der Waals surface area contributed by atoms with Crippen LogP contribution in [-0.2, 0) is 9.47 Å². The lowest BCUT2D eigenvalue weighted by atomic mass is 10.1. The number of ether oxygens (including phenoxy) is 3. The van der Waals surface area contributed by atoms with Gasteiger partial charge in [-0.1, -0.05) is 15.9 Å². The van der Waals surface area contributed by atoms with Crippen LogP contribution < -0.4 is 4.74 Å². The third kappa shape index (κ3) is 6.38. The zero-order chi connectivity index (χ0) is 14.1. The van der Waals surface area contributed by atoms with E-state index in [0.29, 0.717) is 26.4 Å². The van der Waals surface area contributed by atoms with Crippen LogP contribution in [0.1, 0.15) is 25.0 Å². The van der Waals surface area contributed by atoms with Gasteiger partial charge >= 0.3 is 0 Å². The van der Waals surface area contributed by atoms with Crippen LogP contribution in [0.2, 0.25) is 0 Å². The Morgan fingerprint density at radius 3 is 2.68 bits per heavy atom. The topological polar surface area (TPSA) is 47.9 Å². The molecule has 0 saturated carbocycles. The Hall–Kier alpha value is -0.620. The summed E-state index contributed by atoms with van der Waals surface area (Å²) in [5.74, 6) is 0.718. The molecule has 0 aromatic heterocycles. The molecule has 19 heavy (non-hydrogen) atoms. The standard InChI is InChI=1S/C14H21BrO4/c1-11(16)13-10-12(15)4-5-14(13)19-7-3-6-18-9-8-17-2/h4-5,10-11,16H,3,6-9H2,1-2H3/t11-/m1/s1. The van der Waals surface area contributed by atoms with E-state index in [2.05, 4.69) is 15.9 Å². The average Bonchev–Trinajstić information content (AvgIpc) is 2.39. The fraction of sp³-hybridized carbons (Fsp3) is 0.571. The van der Waals surface area contributed by atoms with E-state index in [1.54, 1.807) is 14.0 Å². The van der Waals surface area contributed by atoms with E-state index in [-0.39, 0.29) is 0 Å². The molecule has 5 heteroatoms. The van der Waals surface area contributed by atoms with E-state index < -0.39 is 6.10 Å². The number of aliphatic hydroxyl groups is 1. The number of aliphatic hydroxyl groups excluding tert-OH is 1. The summed E-state index contributed by atoms with van der Waals surface area (Å²) < 4.78 is 16.8. The molecule has 0 bridgehead atoms. The predicted octanol–water partition coefficient (Wildman–Crippen LogP) is 2.93. The molecule has 0 unspecified atom stereocenters. The second-order valence-corrected chi connectivity index (χ2v) is 5.08. The second-order valence-electron chi connectivity index (χ2n) is 4.17. The van der Waals surface area contributed by atoms with Crippen LogP contribution in [0, 0.1) is 0 Å².